The molecule has 0 aliphatic carbocycles. The smallest absolute Gasteiger partial charge is 0.295 e. The predicted octanol–water partition coefficient (Wildman–Crippen LogP) is 4.60. The van der Waals surface area contributed by atoms with E-state index in [0.717, 1.165) is 11.4 Å². The lowest BCUT2D eigenvalue weighted by molar-refractivity contribution is -0.384. The highest BCUT2D eigenvalue weighted by atomic mass is 16.6. The number of pyridine rings is 1. The molecule has 4 rings (SSSR count). The molecule has 1 N–H and O–H groups in total. The van der Waals surface area contributed by atoms with Crippen molar-refractivity contribution in [1.82, 2.24) is 14.5 Å². The molecule has 1 atom stereocenters. The van der Waals surface area contributed by atoms with Gasteiger partial charge in [-0.2, -0.15) is 0 Å². The number of ether oxygens (including phenoxy) is 1. The first kappa shape index (κ1) is 20.1. The molecule has 156 valence electrons. The molecule has 8 heteroatoms. The molecule has 4 aromatic rings. The van der Waals surface area contributed by atoms with E-state index >= 15 is 0 Å². The molecular formula is C23H21N5O3. The molecule has 0 radical (unpaired) electrons. The van der Waals surface area contributed by atoms with Gasteiger partial charge in [0.1, 0.15) is 23.4 Å². The van der Waals surface area contributed by atoms with Crippen molar-refractivity contribution in [2.45, 2.75) is 6.04 Å². The molecule has 1 unspecified atom stereocenters. The van der Waals surface area contributed by atoms with E-state index in [9.17, 15) is 10.1 Å². The standard InChI is InChI=1S/C23H21N5O3/c1-27-15-14-24-23(27)22(17-10-6-7-11-19(17)31-2)26-20-13-12-18(28(29)30)21(25-20)16-8-4-3-5-9-16/h3-15,22H,1-2H3,(H,25,26). The van der Waals surface area contributed by atoms with Gasteiger partial charge >= 0.3 is 0 Å². The number of imidazole rings is 1. The van der Waals surface area contributed by atoms with Crippen LogP contribution in [-0.2, 0) is 7.05 Å². The van der Waals surface area contributed by atoms with Crippen molar-refractivity contribution >= 4 is 11.5 Å². The number of nitrogens with zero attached hydrogens (tertiary/aromatic N) is 4. The highest BCUT2D eigenvalue weighted by Crippen LogP contribution is 2.34. The van der Waals surface area contributed by atoms with Gasteiger partial charge in [0, 0.05) is 36.6 Å². The maximum absolute atomic E-state index is 11.6. The Morgan fingerprint density at radius 1 is 1.06 bits per heavy atom. The van der Waals surface area contributed by atoms with E-state index in [4.69, 9.17) is 4.74 Å². The summed E-state index contributed by atoms with van der Waals surface area (Å²) in [6.07, 6.45) is 3.58. The maximum atomic E-state index is 11.6. The Morgan fingerprint density at radius 3 is 2.48 bits per heavy atom. The molecule has 2 aromatic heterocycles. The fourth-order valence-corrected chi connectivity index (χ4v) is 3.48. The number of aromatic nitrogens is 3. The zero-order valence-electron chi connectivity index (χ0n) is 17.1. The third-order valence-corrected chi connectivity index (χ3v) is 4.98. The van der Waals surface area contributed by atoms with Crippen molar-refractivity contribution in [3.63, 3.8) is 0 Å². The van der Waals surface area contributed by atoms with Crippen LogP contribution >= 0.6 is 0 Å². The highest BCUT2D eigenvalue weighted by Gasteiger charge is 2.24. The lowest BCUT2D eigenvalue weighted by Gasteiger charge is -2.22. The van der Waals surface area contributed by atoms with Crippen LogP contribution in [0.25, 0.3) is 11.3 Å². The largest absolute Gasteiger partial charge is 0.496 e. The lowest BCUT2D eigenvalue weighted by atomic mass is 10.0. The maximum Gasteiger partial charge on any atom is 0.295 e. The summed E-state index contributed by atoms with van der Waals surface area (Å²) < 4.78 is 7.47. The molecule has 0 amide bonds. The van der Waals surface area contributed by atoms with E-state index in [0.29, 0.717) is 22.8 Å². The molecule has 0 spiro atoms. The quantitative estimate of drug-likeness (QED) is 0.350. The van der Waals surface area contributed by atoms with Crippen LogP contribution in [0.15, 0.2) is 79.1 Å². The molecule has 2 heterocycles. The van der Waals surface area contributed by atoms with E-state index in [1.807, 2.05) is 60.3 Å². The van der Waals surface area contributed by atoms with Crippen molar-refractivity contribution in [3.05, 3.63) is 101 Å². The topological polar surface area (TPSA) is 95.1 Å². The van der Waals surface area contributed by atoms with Crippen LogP contribution in [0, 0.1) is 10.1 Å². The first-order valence-corrected chi connectivity index (χ1v) is 9.66. The number of aryl methyl sites for hydroxylation is 1. The van der Waals surface area contributed by atoms with Gasteiger partial charge in [0.25, 0.3) is 5.69 Å². The molecule has 0 saturated heterocycles. The summed E-state index contributed by atoms with van der Waals surface area (Å²) in [4.78, 5) is 20.3. The van der Waals surface area contributed by atoms with Gasteiger partial charge in [-0.3, -0.25) is 10.1 Å². The Morgan fingerprint density at radius 2 is 1.81 bits per heavy atom. The Labute approximate surface area is 179 Å². The number of para-hydroxylation sites is 1. The second-order valence-corrected chi connectivity index (χ2v) is 6.90. The van der Waals surface area contributed by atoms with Crippen LogP contribution in [0.2, 0.25) is 0 Å². The summed E-state index contributed by atoms with van der Waals surface area (Å²) in [5.41, 5.74) is 1.79. The molecule has 0 fully saturated rings. The summed E-state index contributed by atoms with van der Waals surface area (Å²) in [6.45, 7) is 0. The van der Waals surface area contributed by atoms with Gasteiger partial charge in [-0.05, 0) is 12.1 Å². The first-order chi connectivity index (χ1) is 15.1. The Balaban J connectivity index is 1.81. The van der Waals surface area contributed by atoms with E-state index in [1.165, 1.54) is 6.07 Å². The number of hydrogen-bond donors (Lipinski definition) is 1. The summed E-state index contributed by atoms with van der Waals surface area (Å²) in [7, 11) is 3.52. The Bertz CT molecular complexity index is 1210. The summed E-state index contributed by atoms with van der Waals surface area (Å²) in [6, 6.07) is 19.5. The molecule has 0 saturated carbocycles. The van der Waals surface area contributed by atoms with E-state index < -0.39 is 4.92 Å². The average molecular weight is 415 g/mol. The summed E-state index contributed by atoms with van der Waals surface area (Å²) in [5, 5.41) is 15.0. The van der Waals surface area contributed by atoms with Crippen LogP contribution in [-0.4, -0.2) is 26.6 Å². The zero-order chi connectivity index (χ0) is 21.8. The predicted molar refractivity (Wildman–Crippen MR) is 118 cm³/mol. The van der Waals surface area contributed by atoms with E-state index in [-0.39, 0.29) is 11.7 Å². The van der Waals surface area contributed by atoms with Crippen LogP contribution < -0.4 is 10.1 Å². The first-order valence-electron chi connectivity index (χ1n) is 9.66. The van der Waals surface area contributed by atoms with Crippen molar-refractivity contribution in [2.75, 3.05) is 12.4 Å². The SMILES string of the molecule is COc1ccccc1C(Nc1ccc([N+](=O)[O-])c(-c2ccccc2)n1)c1nccn1C. The van der Waals surface area contributed by atoms with Gasteiger partial charge < -0.3 is 14.6 Å². The van der Waals surface area contributed by atoms with Gasteiger partial charge in [0.2, 0.25) is 0 Å². The minimum absolute atomic E-state index is 0.0532. The fourth-order valence-electron chi connectivity index (χ4n) is 3.48. The Hall–Kier alpha value is -4.20. The van der Waals surface area contributed by atoms with Gasteiger partial charge in [0.15, 0.2) is 5.69 Å². The second kappa shape index (κ2) is 8.66. The highest BCUT2D eigenvalue weighted by molar-refractivity contribution is 5.71. The minimum Gasteiger partial charge on any atom is -0.496 e. The molecule has 2 aromatic carbocycles. The molecule has 0 aliphatic rings. The normalized spacial score (nSPS) is 11.7. The number of rotatable bonds is 7. The van der Waals surface area contributed by atoms with Crippen molar-refractivity contribution in [2.24, 2.45) is 7.05 Å². The van der Waals surface area contributed by atoms with E-state index in [2.05, 4.69) is 15.3 Å². The van der Waals surface area contributed by atoms with Gasteiger partial charge in [0.05, 0.1) is 12.0 Å². The van der Waals surface area contributed by atoms with Crippen molar-refractivity contribution < 1.29 is 9.66 Å². The minimum atomic E-state index is -0.421. The number of nitrogens with one attached hydrogen (secondary N) is 1. The van der Waals surface area contributed by atoms with Crippen LogP contribution in [0.5, 0.6) is 5.75 Å². The van der Waals surface area contributed by atoms with Crippen molar-refractivity contribution in [1.29, 1.82) is 0 Å². The monoisotopic (exact) mass is 415 g/mol. The molecule has 8 nitrogen and oxygen atoms in total. The van der Waals surface area contributed by atoms with Crippen LogP contribution in [0.3, 0.4) is 0 Å². The number of nitro groups is 1. The lowest BCUT2D eigenvalue weighted by Crippen LogP contribution is -2.18. The fraction of sp³-hybridized carbons (Fsp3) is 0.130. The second-order valence-electron chi connectivity index (χ2n) is 6.90. The number of methoxy groups -OCH3 is 1. The van der Waals surface area contributed by atoms with Crippen LogP contribution in [0.4, 0.5) is 11.5 Å². The zero-order valence-corrected chi connectivity index (χ0v) is 17.1. The molecule has 31 heavy (non-hydrogen) atoms. The third-order valence-electron chi connectivity index (χ3n) is 4.98. The van der Waals surface area contributed by atoms with Crippen LogP contribution in [0.1, 0.15) is 17.4 Å². The number of anilines is 1. The van der Waals surface area contributed by atoms with Gasteiger partial charge in [-0.15, -0.1) is 0 Å². The van der Waals surface area contributed by atoms with Gasteiger partial charge in [-0.25, -0.2) is 9.97 Å². The Kier molecular flexibility index (Phi) is 5.61. The summed E-state index contributed by atoms with van der Waals surface area (Å²) in [5.74, 6) is 1.95. The average Bonchev–Trinajstić information content (AvgIpc) is 3.23. The summed E-state index contributed by atoms with van der Waals surface area (Å²) >= 11 is 0. The number of hydrogen-bond acceptors (Lipinski definition) is 6. The molecule has 0 bridgehead atoms. The number of benzene rings is 2. The molecular weight excluding hydrogens is 394 g/mol. The third kappa shape index (κ3) is 4.09. The van der Waals surface area contributed by atoms with Crippen molar-refractivity contribution in [3.8, 4) is 17.0 Å². The van der Waals surface area contributed by atoms with E-state index in [1.54, 1.807) is 31.5 Å². The molecule has 0 aliphatic heterocycles. The van der Waals surface area contributed by atoms with Gasteiger partial charge in [-0.1, -0.05) is 48.5 Å².